The number of pyridine rings is 1. The smallest absolute Gasteiger partial charge is 0.186 e. The molecule has 4 nitrogen and oxygen atoms in total. The van der Waals surface area contributed by atoms with Crippen molar-refractivity contribution in [3.05, 3.63) is 30.1 Å². The first-order chi connectivity index (χ1) is 7.84. The monoisotopic (exact) mass is 213 g/mol. The summed E-state index contributed by atoms with van der Waals surface area (Å²) in [6.45, 7) is 0. The average molecular weight is 213 g/mol. The lowest BCUT2D eigenvalue weighted by atomic mass is 10.1. The third-order valence-electron chi connectivity index (χ3n) is 2.77. The van der Waals surface area contributed by atoms with Crippen molar-refractivity contribution in [3.63, 3.8) is 0 Å². The van der Waals surface area contributed by atoms with Gasteiger partial charge in [0, 0.05) is 23.9 Å². The molecule has 3 rings (SSSR count). The van der Waals surface area contributed by atoms with Crippen molar-refractivity contribution in [1.29, 1.82) is 0 Å². The molecule has 1 aromatic rings. The van der Waals surface area contributed by atoms with Crippen LogP contribution in [0.1, 0.15) is 18.4 Å². The Hall–Kier alpha value is -1.97. The van der Waals surface area contributed by atoms with Crippen LogP contribution < -0.4 is 5.43 Å². The number of allylic oxidation sites excluding steroid dienone is 1. The molecule has 4 heteroatoms. The minimum absolute atomic E-state index is 0.143. The number of fused-ring (bicyclic) bond motifs is 1. The summed E-state index contributed by atoms with van der Waals surface area (Å²) in [5.41, 5.74) is 5.24. The predicted molar refractivity (Wildman–Crippen MR) is 62.1 cm³/mol. The van der Waals surface area contributed by atoms with Crippen molar-refractivity contribution in [3.8, 4) is 0 Å². The fourth-order valence-corrected chi connectivity index (χ4v) is 1.66. The summed E-state index contributed by atoms with van der Waals surface area (Å²) in [5.74, 6) is 0.342. The molecule has 1 aliphatic heterocycles. The molecule has 1 N–H and O–H groups in total. The van der Waals surface area contributed by atoms with Gasteiger partial charge in [-0.3, -0.25) is 15.2 Å². The van der Waals surface area contributed by atoms with E-state index in [1.54, 1.807) is 18.5 Å². The van der Waals surface area contributed by atoms with Crippen LogP contribution in [0.3, 0.4) is 0 Å². The van der Waals surface area contributed by atoms with Crippen molar-refractivity contribution in [2.75, 3.05) is 5.43 Å². The molecule has 1 aromatic heterocycles. The number of hydrazone groups is 1. The molecular formula is C12H11N3O. The highest BCUT2D eigenvalue weighted by Crippen LogP contribution is 2.31. The first kappa shape index (κ1) is 9.27. The van der Waals surface area contributed by atoms with E-state index < -0.39 is 0 Å². The molecule has 0 spiro atoms. The molecule has 0 radical (unpaired) electrons. The first-order valence-corrected chi connectivity index (χ1v) is 5.34. The van der Waals surface area contributed by atoms with Crippen LogP contribution in [0.2, 0.25) is 0 Å². The Morgan fingerprint density at radius 3 is 3.06 bits per heavy atom. The molecule has 0 atom stereocenters. The highest BCUT2D eigenvalue weighted by Gasteiger charge is 2.32. The number of hydrogen-bond acceptors (Lipinski definition) is 4. The predicted octanol–water partition coefficient (Wildman–Crippen LogP) is 1.86. The molecule has 1 saturated carbocycles. The number of rotatable bonds is 2. The van der Waals surface area contributed by atoms with Crippen LogP contribution in [-0.2, 0) is 4.79 Å². The summed E-state index contributed by atoms with van der Waals surface area (Å²) in [7, 11) is 0. The van der Waals surface area contributed by atoms with Crippen molar-refractivity contribution in [1.82, 2.24) is 4.98 Å². The highest BCUT2D eigenvalue weighted by molar-refractivity contribution is 6.46. The van der Waals surface area contributed by atoms with Gasteiger partial charge in [0.15, 0.2) is 5.78 Å². The van der Waals surface area contributed by atoms with Gasteiger partial charge in [-0.2, -0.15) is 5.10 Å². The number of carbonyl (C=O) groups is 1. The van der Waals surface area contributed by atoms with Gasteiger partial charge in [-0.25, -0.2) is 0 Å². The van der Waals surface area contributed by atoms with Crippen molar-refractivity contribution in [2.24, 2.45) is 11.0 Å². The largest absolute Gasteiger partial charge is 0.292 e. The van der Waals surface area contributed by atoms with E-state index in [1.807, 2.05) is 12.1 Å². The van der Waals surface area contributed by atoms with Crippen LogP contribution >= 0.6 is 0 Å². The van der Waals surface area contributed by atoms with E-state index in [0.29, 0.717) is 5.71 Å². The number of nitrogens with zero attached hydrogens (tertiary/aromatic N) is 2. The average Bonchev–Trinajstić information content (AvgIpc) is 3.15. The zero-order chi connectivity index (χ0) is 11.0. The van der Waals surface area contributed by atoms with Gasteiger partial charge in [-0.05, 0) is 31.1 Å². The fraction of sp³-hybridized carbons (Fsp3) is 0.250. The summed E-state index contributed by atoms with van der Waals surface area (Å²) in [4.78, 5) is 15.9. The molecule has 1 aliphatic carbocycles. The van der Waals surface area contributed by atoms with Gasteiger partial charge in [-0.1, -0.05) is 0 Å². The lowest BCUT2D eigenvalue weighted by Crippen LogP contribution is -2.14. The normalized spacial score (nSPS) is 18.1. The first-order valence-electron chi connectivity index (χ1n) is 5.34. The zero-order valence-electron chi connectivity index (χ0n) is 8.68. The van der Waals surface area contributed by atoms with Crippen LogP contribution in [0.5, 0.6) is 0 Å². The van der Waals surface area contributed by atoms with Crippen molar-refractivity contribution < 1.29 is 4.79 Å². The molecule has 80 valence electrons. The number of ketones is 1. The molecular weight excluding hydrogens is 202 g/mol. The van der Waals surface area contributed by atoms with Gasteiger partial charge in [0.2, 0.25) is 0 Å². The maximum atomic E-state index is 11.8. The van der Waals surface area contributed by atoms with E-state index in [4.69, 9.17) is 0 Å². The molecule has 2 heterocycles. The number of Topliss-reactive ketones (excluding diaryl/α,β-unsaturated/α-hetero) is 1. The number of aromatic nitrogens is 1. The molecule has 0 aromatic carbocycles. The SMILES string of the molecule is O=C(C1=NNc2ccncc2C=C1)C1CC1. The van der Waals surface area contributed by atoms with Gasteiger partial charge in [0.1, 0.15) is 5.71 Å². The van der Waals surface area contributed by atoms with E-state index in [0.717, 1.165) is 24.1 Å². The van der Waals surface area contributed by atoms with E-state index in [2.05, 4.69) is 15.5 Å². The standard InChI is InChI=1S/C12H11N3O/c16-12(8-1-2-8)11-4-3-9-7-13-6-5-10(9)14-15-11/h3-8,14H,1-2H2. The number of carbonyl (C=O) groups excluding carboxylic acids is 1. The molecule has 0 saturated heterocycles. The molecule has 0 bridgehead atoms. The van der Waals surface area contributed by atoms with Gasteiger partial charge >= 0.3 is 0 Å². The number of hydrogen-bond donors (Lipinski definition) is 1. The fourth-order valence-electron chi connectivity index (χ4n) is 1.66. The van der Waals surface area contributed by atoms with Gasteiger partial charge in [0.25, 0.3) is 0 Å². The summed E-state index contributed by atoms with van der Waals surface area (Å²) in [5, 5.41) is 4.13. The summed E-state index contributed by atoms with van der Waals surface area (Å²) >= 11 is 0. The van der Waals surface area contributed by atoms with Crippen LogP contribution in [0.25, 0.3) is 6.08 Å². The molecule has 16 heavy (non-hydrogen) atoms. The maximum Gasteiger partial charge on any atom is 0.186 e. The Morgan fingerprint density at radius 1 is 1.38 bits per heavy atom. The van der Waals surface area contributed by atoms with Crippen LogP contribution in [-0.4, -0.2) is 16.5 Å². The third kappa shape index (κ3) is 1.62. The highest BCUT2D eigenvalue weighted by atomic mass is 16.1. The molecule has 2 aliphatic rings. The molecule has 1 fully saturated rings. The Balaban J connectivity index is 1.91. The van der Waals surface area contributed by atoms with E-state index in [1.165, 1.54) is 0 Å². The summed E-state index contributed by atoms with van der Waals surface area (Å²) in [6.07, 6.45) is 9.09. The third-order valence-corrected chi connectivity index (χ3v) is 2.77. The van der Waals surface area contributed by atoms with E-state index in [9.17, 15) is 4.79 Å². The second kappa shape index (κ2) is 3.56. The Morgan fingerprint density at radius 2 is 2.25 bits per heavy atom. The van der Waals surface area contributed by atoms with Crippen molar-refractivity contribution >= 4 is 23.3 Å². The quantitative estimate of drug-likeness (QED) is 0.815. The number of anilines is 1. The van der Waals surface area contributed by atoms with E-state index in [-0.39, 0.29) is 11.7 Å². The molecule has 0 amide bonds. The lowest BCUT2D eigenvalue weighted by molar-refractivity contribution is -0.113. The summed E-state index contributed by atoms with van der Waals surface area (Å²) < 4.78 is 0. The molecule has 0 unspecified atom stereocenters. The van der Waals surface area contributed by atoms with Gasteiger partial charge in [-0.15, -0.1) is 0 Å². The topological polar surface area (TPSA) is 54.4 Å². The maximum absolute atomic E-state index is 11.8. The second-order valence-electron chi connectivity index (χ2n) is 4.04. The van der Waals surface area contributed by atoms with Crippen LogP contribution in [0.15, 0.2) is 29.6 Å². The van der Waals surface area contributed by atoms with Crippen LogP contribution in [0.4, 0.5) is 5.69 Å². The lowest BCUT2D eigenvalue weighted by Gasteiger charge is -2.01. The van der Waals surface area contributed by atoms with Crippen molar-refractivity contribution in [2.45, 2.75) is 12.8 Å². The number of nitrogens with one attached hydrogen (secondary N) is 1. The van der Waals surface area contributed by atoms with Crippen LogP contribution in [0, 0.1) is 5.92 Å². The Labute approximate surface area is 93.1 Å². The van der Waals surface area contributed by atoms with Gasteiger partial charge in [0.05, 0.1) is 5.69 Å². The Bertz CT molecular complexity index is 501. The second-order valence-corrected chi connectivity index (χ2v) is 4.04. The van der Waals surface area contributed by atoms with E-state index >= 15 is 0 Å². The zero-order valence-corrected chi connectivity index (χ0v) is 8.68. The van der Waals surface area contributed by atoms with Gasteiger partial charge < -0.3 is 0 Å². The minimum atomic E-state index is 0.143. The summed E-state index contributed by atoms with van der Waals surface area (Å²) in [6, 6.07) is 1.84. The Kier molecular flexibility index (Phi) is 2.06. The minimum Gasteiger partial charge on any atom is -0.292 e.